The van der Waals surface area contributed by atoms with Crippen LogP contribution in [-0.2, 0) is 13.2 Å². The lowest BCUT2D eigenvalue weighted by Crippen LogP contribution is -2.22. The zero-order chi connectivity index (χ0) is 20.1. The van der Waals surface area contributed by atoms with Crippen LogP contribution in [0.2, 0.25) is 5.02 Å². The highest BCUT2D eigenvalue weighted by molar-refractivity contribution is 6.32. The van der Waals surface area contributed by atoms with Gasteiger partial charge in [0.15, 0.2) is 5.52 Å². The Morgan fingerprint density at radius 2 is 1.89 bits per heavy atom. The average Bonchev–Trinajstić information content (AvgIpc) is 2.90. The van der Waals surface area contributed by atoms with Crippen LogP contribution in [0.3, 0.4) is 0 Å². The Morgan fingerprint density at radius 3 is 2.44 bits per heavy atom. The molecule has 0 atom stereocenters. The van der Waals surface area contributed by atoms with Gasteiger partial charge >= 0.3 is 6.18 Å². The number of halogens is 4. The summed E-state index contributed by atoms with van der Waals surface area (Å²) in [7, 11) is 1.46. The second-order valence-electron chi connectivity index (χ2n) is 6.24. The van der Waals surface area contributed by atoms with Gasteiger partial charge in [0, 0.05) is 18.7 Å². The molecule has 6 nitrogen and oxygen atoms in total. The van der Waals surface area contributed by atoms with Crippen molar-refractivity contribution in [1.29, 1.82) is 0 Å². The molecular weight excluding hydrogens is 385 g/mol. The lowest BCUT2D eigenvalue weighted by molar-refractivity contribution is -0.137. The monoisotopic (exact) mass is 398 g/mol. The van der Waals surface area contributed by atoms with Crippen molar-refractivity contribution in [2.24, 2.45) is 7.05 Å². The normalized spacial score (nSPS) is 12.1. The van der Waals surface area contributed by atoms with E-state index < -0.39 is 28.1 Å². The van der Waals surface area contributed by atoms with Gasteiger partial charge in [-0.2, -0.15) is 18.3 Å². The topological polar surface area (TPSA) is 69.8 Å². The van der Waals surface area contributed by atoms with Crippen LogP contribution >= 0.6 is 11.6 Å². The number of benzene rings is 1. The third-order valence-corrected chi connectivity index (χ3v) is 4.39. The minimum absolute atomic E-state index is 0.00571. The highest BCUT2D eigenvalue weighted by atomic mass is 35.5. The van der Waals surface area contributed by atoms with E-state index in [2.05, 4.69) is 10.1 Å². The molecule has 0 spiro atoms. The molecule has 0 unspecified atom stereocenters. The summed E-state index contributed by atoms with van der Waals surface area (Å²) in [5.41, 5.74) is -1.42. The zero-order valence-electron chi connectivity index (χ0n) is 14.5. The summed E-state index contributed by atoms with van der Waals surface area (Å²) in [6, 6.07) is 2.57. The molecular formula is C17H14ClF3N4O2. The van der Waals surface area contributed by atoms with Gasteiger partial charge in [0.25, 0.3) is 5.56 Å². The van der Waals surface area contributed by atoms with Crippen molar-refractivity contribution >= 4 is 28.4 Å². The van der Waals surface area contributed by atoms with E-state index in [0.717, 1.165) is 18.2 Å². The van der Waals surface area contributed by atoms with E-state index in [4.69, 9.17) is 11.6 Å². The van der Waals surface area contributed by atoms with E-state index >= 15 is 0 Å². The Labute approximate surface area is 156 Å². The lowest BCUT2D eigenvalue weighted by Gasteiger charge is -2.10. The van der Waals surface area contributed by atoms with Crippen molar-refractivity contribution in [1.82, 2.24) is 19.3 Å². The molecule has 142 valence electrons. The van der Waals surface area contributed by atoms with Gasteiger partial charge in [0.1, 0.15) is 11.2 Å². The molecule has 2 aromatic heterocycles. The van der Waals surface area contributed by atoms with Gasteiger partial charge in [-0.05, 0) is 26.0 Å². The van der Waals surface area contributed by atoms with Crippen LogP contribution in [0.4, 0.5) is 13.2 Å². The second kappa shape index (κ2) is 6.49. The number of hydrogen-bond donors (Lipinski definition) is 0. The highest BCUT2D eigenvalue weighted by Crippen LogP contribution is 2.35. The molecule has 0 aliphatic heterocycles. The van der Waals surface area contributed by atoms with Crippen LogP contribution in [0.15, 0.2) is 29.3 Å². The van der Waals surface area contributed by atoms with Crippen LogP contribution < -0.4 is 5.56 Å². The number of ketones is 1. The van der Waals surface area contributed by atoms with Crippen molar-refractivity contribution in [2.75, 3.05) is 0 Å². The Morgan fingerprint density at radius 1 is 1.22 bits per heavy atom. The van der Waals surface area contributed by atoms with E-state index in [1.54, 1.807) is 13.8 Å². The van der Waals surface area contributed by atoms with E-state index in [9.17, 15) is 22.8 Å². The maximum Gasteiger partial charge on any atom is 0.417 e. The van der Waals surface area contributed by atoms with E-state index in [1.807, 2.05) is 0 Å². The molecule has 3 rings (SSSR count). The molecule has 0 aliphatic rings. The largest absolute Gasteiger partial charge is 0.417 e. The quantitative estimate of drug-likeness (QED) is 0.632. The molecule has 3 aromatic rings. The molecule has 0 radical (unpaired) electrons. The molecule has 0 bridgehead atoms. The Balaban J connectivity index is 2.14. The Kier molecular flexibility index (Phi) is 4.59. The van der Waals surface area contributed by atoms with Crippen LogP contribution in [0, 0.1) is 0 Å². The number of carbonyl (C=O) groups excluding carboxylic acids is 1. The average molecular weight is 399 g/mol. The highest BCUT2D eigenvalue weighted by Gasteiger charge is 2.33. The van der Waals surface area contributed by atoms with Gasteiger partial charge in [0.05, 0.1) is 16.9 Å². The number of rotatable bonds is 3. The minimum Gasteiger partial charge on any atom is -0.295 e. The van der Waals surface area contributed by atoms with Crippen LogP contribution in [0.1, 0.15) is 41.5 Å². The first-order chi connectivity index (χ1) is 12.5. The smallest absolute Gasteiger partial charge is 0.295 e. The third-order valence-electron chi connectivity index (χ3n) is 4.08. The maximum atomic E-state index is 12.8. The molecule has 0 amide bonds. The van der Waals surface area contributed by atoms with Crippen molar-refractivity contribution in [2.45, 2.75) is 26.1 Å². The number of fused-ring (bicyclic) bond motifs is 1. The fraction of sp³-hybridized carbons (Fsp3) is 0.294. The van der Waals surface area contributed by atoms with Gasteiger partial charge in [-0.1, -0.05) is 17.7 Å². The van der Waals surface area contributed by atoms with Crippen molar-refractivity contribution < 1.29 is 18.0 Å². The second-order valence-corrected chi connectivity index (χ2v) is 6.65. The molecule has 27 heavy (non-hydrogen) atoms. The number of nitrogens with zero attached hydrogens (tertiary/aromatic N) is 4. The molecule has 0 aliphatic carbocycles. The summed E-state index contributed by atoms with van der Waals surface area (Å²) >= 11 is 5.69. The Hall–Kier alpha value is -2.68. The SMILES string of the molecule is CC(C)n1cnc2c(C(=O)c3ccc(C(F)(F)F)c(Cl)c3)n(C)nc2c1=O. The van der Waals surface area contributed by atoms with Crippen LogP contribution in [-0.4, -0.2) is 25.1 Å². The number of alkyl halides is 3. The molecule has 2 heterocycles. The minimum atomic E-state index is -4.62. The first-order valence-electron chi connectivity index (χ1n) is 7.87. The van der Waals surface area contributed by atoms with Gasteiger partial charge in [0.2, 0.25) is 5.78 Å². The molecule has 10 heteroatoms. The van der Waals surface area contributed by atoms with Crippen molar-refractivity contribution in [3.8, 4) is 0 Å². The standard InChI is InChI=1S/C17H14ClF3N4O2/c1-8(2)25-7-22-12-13(16(25)27)23-24(3)14(12)15(26)9-4-5-10(11(18)6-9)17(19,20)21/h4-8H,1-3H3. The molecule has 0 saturated heterocycles. The van der Waals surface area contributed by atoms with Gasteiger partial charge in [-0.3, -0.25) is 18.8 Å². The summed E-state index contributed by atoms with van der Waals surface area (Å²) in [5, 5.41) is 3.48. The maximum absolute atomic E-state index is 12.8. The first-order valence-corrected chi connectivity index (χ1v) is 8.25. The lowest BCUT2D eigenvalue weighted by atomic mass is 10.0. The summed E-state index contributed by atoms with van der Waals surface area (Å²) in [6.45, 7) is 3.60. The first kappa shape index (κ1) is 19.1. The predicted molar refractivity (Wildman–Crippen MR) is 93.0 cm³/mol. The molecule has 0 saturated carbocycles. The third kappa shape index (κ3) is 3.23. The fourth-order valence-electron chi connectivity index (χ4n) is 2.72. The number of carbonyl (C=O) groups is 1. The zero-order valence-corrected chi connectivity index (χ0v) is 15.3. The van der Waals surface area contributed by atoms with E-state index in [-0.39, 0.29) is 28.3 Å². The molecule has 1 aromatic carbocycles. The number of aromatic nitrogens is 4. The summed E-state index contributed by atoms with van der Waals surface area (Å²) in [6.07, 6.45) is -3.31. The van der Waals surface area contributed by atoms with E-state index in [0.29, 0.717) is 0 Å². The van der Waals surface area contributed by atoms with Crippen molar-refractivity contribution in [3.63, 3.8) is 0 Å². The number of hydrogen-bond acceptors (Lipinski definition) is 4. The summed E-state index contributed by atoms with van der Waals surface area (Å²) in [5.74, 6) is -0.634. The van der Waals surface area contributed by atoms with E-state index in [1.165, 1.54) is 22.6 Å². The Bertz CT molecular complexity index is 1120. The van der Waals surface area contributed by atoms with Gasteiger partial charge in [-0.15, -0.1) is 0 Å². The fourth-order valence-corrected chi connectivity index (χ4v) is 3.01. The summed E-state index contributed by atoms with van der Waals surface area (Å²) < 4.78 is 41.1. The molecule has 0 fully saturated rings. The van der Waals surface area contributed by atoms with Crippen LogP contribution in [0.5, 0.6) is 0 Å². The predicted octanol–water partition coefficient (Wildman–Crippen LogP) is 3.61. The molecule has 0 N–H and O–H groups in total. The van der Waals surface area contributed by atoms with Crippen LogP contribution in [0.25, 0.3) is 11.0 Å². The number of aryl methyl sites for hydroxylation is 1. The van der Waals surface area contributed by atoms with Crippen molar-refractivity contribution in [3.05, 3.63) is 56.7 Å². The van der Waals surface area contributed by atoms with Gasteiger partial charge in [-0.25, -0.2) is 4.98 Å². The van der Waals surface area contributed by atoms with Gasteiger partial charge < -0.3 is 0 Å². The summed E-state index contributed by atoms with van der Waals surface area (Å²) in [4.78, 5) is 29.5.